The first kappa shape index (κ1) is 30.5. The number of rotatable bonds is 12. The van der Waals surface area contributed by atoms with Gasteiger partial charge in [0.2, 0.25) is 5.91 Å². The molecule has 3 aromatic rings. The van der Waals surface area contributed by atoms with E-state index in [-0.39, 0.29) is 24.6 Å². The van der Waals surface area contributed by atoms with E-state index in [1.165, 1.54) is 18.9 Å². The zero-order chi connectivity index (χ0) is 29.6. The standard InChI is InChI=1S/C29H38N5O6P/c1-5-11-33(12-6-2)28(35)23-16-22-8-7-21(17-26(22)32-27(30)18-23)20-9-10-25-24(15-20)19-31-34(29(25)36)13-14-40-41(37,38-3)39-4/h7-10,15-17,19,37,41H,5-6,11-14,18H2,1-4H3,(H2,30,32). The zero-order valence-corrected chi connectivity index (χ0v) is 24.9. The van der Waals surface area contributed by atoms with E-state index >= 15 is 0 Å². The average Bonchev–Trinajstić information content (AvgIpc) is 3.15. The Morgan fingerprint density at radius 3 is 2.46 bits per heavy atom. The second-order valence-corrected chi connectivity index (χ2v) is 11.9. The second kappa shape index (κ2) is 13.5. The Bertz CT molecular complexity index is 1530. The predicted molar refractivity (Wildman–Crippen MR) is 163 cm³/mol. The number of carbonyl (C=O) groups excluding carboxylic acids is 1. The van der Waals surface area contributed by atoms with Gasteiger partial charge in [-0.1, -0.05) is 13.8 Å². The van der Waals surface area contributed by atoms with Crippen LogP contribution < -0.4 is 11.3 Å². The van der Waals surface area contributed by atoms with Crippen molar-refractivity contribution in [3.63, 3.8) is 0 Å². The van der Waals surface area contributed by atoms with E-state index in [9.17, 15) is 14.5 Å². The molecule has 0 unspecified atom stereocenters. The molecule has 220 valence electrons. The molecule has 0 atom stereocenters. The van der Waals surface area contributed by atoms with Crippen molar-refractivity contribution in [2.24, 2.45) is 10.7 Å². The number of hydrogen-bond donors (Lipinski definition) is 2. The second-order valence-electron chi connectivity index (χ2n) is 9.77. The molecule has 2 heterocycles. The Labute approximate surface area is 239 Å². The number of benzene rings is 2. The summed E-state index contributed by atoms with van der Waals surface area (Å²) in [5.74, 6) is 0.385. The molecule has 1 aliphatic heterocycles. The molecule has 0 spiro atoms. The summed E-state index contributed by atoms with van der Waals surface area (Å²) in [6.45, 7) is 5.65. The third-order valence-electron chi connectivity index (χ3n) is 6.83. The summed E-state index contributed by atoms with van der Waals surface area (Å²) in [7, 11) is -1.10. The fourth-order valence-corrected chi connectivity index (χ4v) is 5.51. The maximum atomic E-state index is 13.3. The summed E-state index contributed by atoms with van der Waals surface area (Å²) in [6.07, 6.45) is 5.59. The number of carbonyl (C=O) groups is 1. The van der Waals surface area contributed by atoms with Crippen LogP contribution in [0.25, 0.3) is 28.0 Å². The first-order valence-corrected chi connectivity index (χ1v) is 15.3. The van der Waals surface area contributed by atoms with Gasteiger partial charge in [0.05, 0.1) is 0 Å². The van der Waals surface area contributed by atoms with E-state index in [2.05, 4.69) is 23.9 Å². The van der Waals surface area contributed by atoms with Gasteiger partial charge in [-0.25, -0.2) is 4.99 Å². The third kappa shape index (κ3) is 7.06. The van der Waals surface area contributed by atoms with Crippen molar-refractivity contribution in [3.05, 3.63) is 64.1 Å². The van der Waals surface area contributed by atoms with Crippen LogP contribution >= 0.6 is 8.17 Å². The van der Waals surface area contributed by atoms with Crippen molar-refractivity contribution >= 4 is 42.4 Å². The van der Waals surface area contributed by atoms with Crippen LogP contribution in [0, 0.1) is 0 Å². The molecule has 1 aliphatic rings. The van der Waals surface area contributed by atoms with E-state index in [0.29, 0.717) is 47.4 Å². The van der Waals surface area contributed by atoms with Gasteiger partial charge in [-0.05, 0) is 18.9 Å². The van der Waals surface area contributed by atoms with E-state index < -0.39 is 8.17 Å². The first-order valence-electron chi connectivity index (χ1n) is 13.7. The van der Waals surface area contributed by atoms with Crippen molar-refractivity contribution in [1.29, 1.82) is 0 Å². The Kier molecular flexibility index (Phi) is 10.0. The number of aromatic nitrogens is 2. The summed E-state index contributed by atoms with van der Waals surface area (Å²) in [5, 5.41) is 5.45. The summed E-state index contributed by atoms with van der Waals surface area (Å²) < 4.78 is 16.3. The normalized spacial score (nSPS) is 13.8. The summed E-state index contributed by atoms with van der Waals surface area (Å²) in [6, 6.07) is 11.4. The van der Waals surface area contributed by atoms with E-state index in [0.717, 1.165) is 29.5 Å². The summed E-state index contributed by atoms with van der Waals surface area (Å²) >= 11 is 0. The number of amides is 1. The fraction of sp³-hybridized carbons (Fsp3) is 0.379. The molecule has 0 bridgehead atoms. The Balaban J connectivity index is 1.59. The first-order chi connectivity index (χ1) is 19.7. The monoisotopic (exact) mass is 583 g/mol. The molecule has 3 N–H and O–H groups in total. The average molecular weight is 584 g/mol. The molecular weight excluding hydrogens is 545 g/mol. The van der Waals surface area contributed by atoms with Crippen LogP contribution in [0.4, 0.5) is 5.69 Å². The molecular formula is C29H38N5O6P. The van der Waals surface area contributed by atoms with E-state index in [4.69, 9.17) is 19.3 Å². The molecule has 0 radical (unpaired) electrons. The molecule has 0 saturated carbocycles. The van der Waals surface area contributed by atoms with Crippen LogP contribution in [0.2, 0.25) is 0 Å². The number of nitrogens with two attached hydrogens (primary N) is 1. The molecule has 1 aromatic heterocycles. The third-order valence-corrected chi connectivity index (χ3v) is 8.43. The number of fused-ring (bicyclic) bond motifs is 2. The van der Waals surface area contributed by atoms with Crippen LogP contribution in [0.1, 0.15) is 38.7 Å². The molecule has 0 fully saturated rings. The van der Waals surface area contributed by atoms with Gasteiger partial charge in [-0.3, -0.25) is 4.79 Å². The van der Waals surface area contributed by atoms with Gasteiger partial charge < -0.3 is 10.6 Å². The van der Waals surface area contributed by atoms with Crippen molar-refractivity contribution in [1.82, 2.24) is 14.7 Å². The van der Waals surface area contributed by atoms with Gasteiger partial charge in [0.25, 0.3) is 0 Å². The molecule has 0 saturated heterocycles. The number of amidine groups is 1. The summed E-state index contributed by atoms with van der Waals surface area (Å²) in [4.78, 5) is 42.8. The van der Waals surface area contributed by atoms with Gasteiger partial charge in [-0.2, -0.15) is 0 Å². The van der Waals surface area contributed by atoms with Crippen molar-refractivity contribution in [2.75, 3.05) is 33.9 Å². The minimum Gasteiger partial charge on any atom is -0.387 e. The zero-order valence-electron chi connectivity index (χ0n) is 23.9. The quantitative estimate of drug-likeness (QED) is 0.302. The molecule has 41 heavy (non-hydrogen) atoms. The molecule has 1 amide bonds. The Morgan fingerprint density at radius 2 is 1.78 bits per heavy atom. The van der Waals surface area contributed by atoms with Crippen LogP contribution in [0.15, 0.2) is 58.0 Å². The van der Waals surface area contributed by atoms with Crippen molar-refractivity contribution < 1.29 is 23.3 Å². The molecule has 12 heteroatoms. The van der Waals surface area contributed by atoms with Crippen LogP contribution in [0.3, 0.4) is 0 Å². The molecule has 4 rings (SSSR count). The predicted octanol–water partition coefficient (Wildman–Crippen LogP) is 4.20. The SMILES string of the molecule is CCCN(CCC)C(=O)C1=Cc2ccc(-c3ccc4c(=O)n(CCO[PH](O)(OC)OC)ncc4c3)cc2N=C(N)C1. The van der Waals surface area contributed by atoms with E-state index in [1.54, 1.807) is 12.3 Å². The number of hydrogen-bond acceptors (Lipinski definition) is 9. The molecule has 0 aliphatic carbocycles. The van der Waals surface area contributed by atoms with Gasteiger partial charge >= 0.3 is 144 Å². The smallest absolute Gasteiger partial charge is 0.387 e. The van der Waals surface area contributed by atoms with E-state index in [1.807, 2.05) is 41.3 Å². The fourth-order valence-electron chi connectivity index (χ4n) is 4.75. The topological polar surface area (TPSA) is 142 Å². The van der Waals surface area contributed by atoms with Crippen molar-refractivity contribution in [2.45, 2.75) is 39.7 Å². The minimum absolute atomic E-state index is 0.00169. The number of aliphatic imine (C=N–C) groups is 1. The van der Waals surface area contributed by atoms with Gasteiger partial charge in [0.1, 0.15) is 5.84 Å². The number of nitrogens with zero attached hydrogens (tertiary/aromatic N) is 4. The van der Waals surface area contributed by atoms with Crippen LogP contribution in [-0.4, -0.2) is 65.2 Å². The molecule has 11 nitrogen and oxygen atoms in total. The van der Waals surface area contributed by atoms with Crippen LogP contribution in [0.5, 0.6) is 0 Å². The maximum absolute atomic E-state index is 13.3. The Morgan fingerprint density at radius 1 is 1.10 bits per heavy atom. The minimum atomic E-state index is -3.69. The van der Waals surface area contributed by atoms with Crippen molar-refractivity contribution in [3.8, 4) is 11.1 Å². The van der Waals surface area contributed by atoms with Gasteiger partial charge in [-0.15, -0.1) is 0 Å². The van der Waals surface area contributed by atoms with Crippen LogP contribution in [-0.2, 0) is 24.9 Å². The Hall–Kier alpha value is -3.47. The van der Waals surface area contributed by atoms with Gasteiger partial charge in [0.15, 0.2) is 0 Å². The summed E-state index contributed by atoms with van der Waals surface area (Å²) in [5.41, 5.74) is 9.90. The van der Waals surface area contributed by atoms with Gasteiger partial charge in [0, 0.05) is 30.6 Å². The molecule has 2 aromatic carbocycles.